The van der Waals surface area contributed by atoms with Crippen molar-refractivity contribution in [2.75, 3.05) is 6.61 Å². The van der Waals surface area contributed by atoms with Crippen LogP contribution in [0.5, 0.6) is 11.6 Å². The molecule has 1 N–H and O–H groups in total. The minimum absolute atomic E-state index is 0.0350. The molecule has 2 aromatic rings. The quantitative estimate of drug-likeness (QED) is 0.747. The van der Waals surface area contributed by atoms with E-state index in [0.717, 1.165) is 6.42 Å². The summed E-state index contributed by atoms with van der Waals surface area (Å²) in [5, 5.41) is 27.8. The fourth-order valence-electron chi connectivity index (χ4n) is 2.50. The topological polar surface area (TPSA) is 100.0 Å². The second-order valence-electron chi connectivity index (χ2n) is 5.70. The second-order valence-corrected chi connectivity index (χ2v) is 5.70. The molecule has 1 heterocycles. The molecule has 2 rings (SSSR count). The smallest absolute Gasteiger partial charge is 0.281 e. The van der Waals surface area contributed by atoms with Gasteiger partial charge in [0.05, 0.1) is 6.61 Å². The van der Waals surface area contributed by atoms with Gasteiger partial charge < -0.3 is 9.84 Å². The van der Waals surface area contributed by atoms with E-state index < -0.39 is 5.56 Å². The Morgan fingerprint density at radius 2 is 2.00 bits per heavy atom. The molecule has 136 valence electrons. The molecule has 0 atom stereocenters. The van der Waals surface area contributed by atoms with E-state index in [1.165, 1.54) is 4.57 Å². The Labute approximate surface area is 152 Å². The van der Waals surface area contributed by atoms with Crippen molar-refractivity contribution < 1.29 is 9.84 Å². The van der Waals surface area contributed by atoms with Gasteiger partial charge in [-0.25, -0.2) is 0 Å². The zero-order chi connectivity index (χ0) is 19.1. The number of rotatable bonds is 7. The van der Waals surface area contributed by atoms with Crippen LogP contribution in [0.4, 0.5) is 11.4 Å². The first kappa shape index (κ1) is 19.2. The fraction of sp³-hybridized carbons (Fsp3) is 0.368. The van der Waals surface area contributed by atoms with Crippen LogP contribution in [0.25, 0.3) is 0 Å². The molecule has 0 aliphatic rings. The second kappa shape index (κ2) is 8.81. The van der Waals surface area contributed by atoms with Gasteiger partial charge in [0.15, 0.2) is 5.69 Å². The van der Waals surface area contributed by atoms with Gasteiger partial charge >= 0.3 is 0 Å². The number of pyridine rings is 1. The molecule has 26 heavy (non-hydrogen) atoms. The van der Waals surface area contributed by atoms with E-state index in [-0.39, 0.29) is 17.1 Å². The number of hydrogen-bond acceptors (Lipinski definition) is 6. The van der Waals surface area contributed by atoms with Crippen LogP contribution in [0.15, 0.2) is 39.3 Å². The van der Waals surface area contributed by atoms with E-state index >= 15 is 0 Å². The highest BCUT2D eigenvalue weighted by atomic mass is 16.5. The number of benzene rings is 1. The van der Waals surface area contributed by atoms with Gasteiger partial charge in [0, 0.05) is 12.1 Å². The number of nitrogens with zero attached hydrogens (tertiary/aromatic N) is 4. The zero-order valence-electron chi connectivity index (χ0n) is 15.2. The highest BCUT2D eigenvalue weighted by Crippen LogP contribution is 2.30. The first-order valence-electron chi connectivity index (χ1n) is 8.55. The Hall–Kier alpha value is -3.14. The molecule has 7 heteroatoms. The van der Waals surface area contributed by atoms with Gasteiger partial charge in [0.1, 0.15) is 23.1 Å². The summed E-state index contributed by atoms with van der Waals surface area (Å²) in [5.74, 6) is 0.235. The van der Waals surface area contributed by atoms with Crippen molar-refractivity contribution in [2.45, 2.75) is 40.2 Å². The lowest BCUT2D eigenvalue weighted by molar-refractivity contribution is 0.341. The average molecular weight is 354 g/mol. The van der Waals surface area contributed by atoms with Gasteiger partial charge in [-0.05, 0) is 32.4 Å². The Morgan fingerprint density at radius 3 is 2.65 bits per heavy atom. The highest BCUT2D eigenvalue weighted by molar-refractivity contribution is 5.57. The van der Waals surface area contributed by atoms with Crippen molar-refractivity contribution >= 4 is 11.4 Å². The Morgan fingerprint density at radius 1 is 1.27 bits per heavy atom. The Bertz CT molecular complexity index is 910. The summed E-state index contributed by atoms with van der Waals surface area (Å²) in [6, 6.07) is 9.05. The number of azo groups is 1. The van der Waals surface area contributed by atoms with E-state index in [2.05, 4.69) is 10.2 Å². The average Bonchev–Trinajstić information content (AvgIpc) is 2.63. The lowest BCUT2D eigenvalue weighted by Crippen LogP contribution is -2.22. The summed E-state index contributed by atoms with van der Waals surface area (Å²) in [6.07, 6.45) is 1.55. The van der Waals surface area contributed by atoms with Gasteiger partial charge in [-0.2, -0.15) is 5.26 Å². The molecule has 0 spiro atoms. The molecule has 0 aliphatic carbocycles. The number of aromatic hydroxyl groups is 1. The van der Waals surface area contributed by atoms with Crippen LogP contribution >= 0.6 is 0 Å². The van der Waals surface area contributed by atoms with Crippen LogP contribution < -0.4 is 10.3 Å². The van der Waals surface area contributed by atoms with Crippen molar-refractivity contribution in [3.63, 3.8) is 0 Å². The molecule has 0 aliphatic heterocycles. The van der Waals surface area contributed by atoms with Crippen molar-refractivity contribution in [3.8, 4) is 17.7 Å². The normalized spacial score (nSPS) is 10.8. The third kappa shape index (κ3) is 3.91. The summed E-state index contributed by atoms with van der Waals surface area (Å²) < 4.78 is 6.68. The lowest BCUT2D eigenvalue weighted by atomic mass is 10.1. The number of ether oxygens (including phenoxy) is 1. The maximum absolute atomic E-state index is 12.7. The standard InChI is InChI=1S/C19H22N4O3/c1-4-6-11-23-18(24)14(12-20)13(3)17(19(23)25)22-21-15-9-7-8-10-16(15)26-5-2/h7-10,24H,4-6,11H2,1-3H3. The van der Waals surface area contributed by atoms with Crippen molar-refractivity contribution in [1.29, 1.82) is 5.26 Å². The third-order valence-electron chi connectivity index (χ3n) is 3.93. The van der Waals surface area contributed by atoms with Gasteiger partial charge in [0.25, 0.3) is 5.56 Å². The molecule has 0 saturated heterocycles. The molecular weight excluding hydrogens is 332 g/mol. The Balaban J connectivity index is 2.56. The SMILES string of the molecule is CCCCn1c(O)c(C#N)c(C)c(N=Nc2ccccc2OCC)c1=O. The maximum atomic E-state index is 12.7. The molecule has 0 fully saturated rings. The summed E-state index contributed by atoms with van der Waals surface area (Å²) >= 11 is 0. The predicted octanol–water partition coefficient (Wildman–Crippen LogP) is 4.35. The molecule has 0 amide bonds. The maximum Gasteiger partial charge on any atom is 0.281 e. The minimum atomic E-state index is -0.468. The van der Waals surface area contributed by atoms with Gasteiger partial charge in [-0.3, -0.25) is 9.36 Å². The summed E-state index contributed by atoms with van der Waals surface area (Å²) in [5.41, 5.74) is 0.403. The zero-order valence-corrected chi connectivity index (χ0v) is 15.2. The van der Waals surface area contributed by atoms with Gasteiger partial charge in [-0.1, -0.05) is 25.5 Å². The molecule has 0 saturated carbocycles. The monoisotopic (exact) mass is 354 g/mol. The number of nitriles is 1. The predicted molar refractivity (Wildman–Crippen MR) is 98.5 cm³/mol. The summed E-state index contributed by atoms with van der Waals surface area (Å²) in [7, 11) is 0. The van der Waals surface area contributed by atoms with Crippen LogP contribution in [0, 0.1) is 18.3 Å². The van der Waals surface area contributed by atoms with Gasteiger partial charge in [0.2, 0.25) is 5.88 Å². The van der Waals surface area contributed by atoms with E-state index in [4.69, 9.17) is 4.74 Å². The van der Waals surface area contributed by atoms with Crippen molar-refractivity contribution in [2.24, 2.45) is 10.2 Å². The minimum Gasteiger partial charge on any atom is -0.493 e. The fourth-order valence-corrected chi connectivity index (χ4v) is 2.50. The summed E-state index contributed by atoms with van der Waals surface area (Å²) in [6.45, 7) is 6.21. The number of unbranched alkanes of at least 4 members (excludes halogenated alkanes) is 1. The van der Waals surface area contributed by atoms with Crippen LogP contribution in [0.3, 0.4) is 0 Å². The molecule has 0 unspecified atom stereocenters. The van der Waals surface area contributed by atoms with Gasteiger partial charge in [-0.15, -0.1) is 10.2 Å². The molecule has 1 aromatic carbocycles. The van der Waals surface area contributed by atoms with Crippen molar-refractivity contribution in [3.05, 3.63) is 45.7 Å². The molecule has 0 bridgehead atoms. The number of para-hydroxylation sites is 1. The van der Waals surface area contributed by atoms with E-state index in [1.54, 1.807) is 25.1 Å². The van der Waals surface area contributed by atoms with E-state index in [9.17, 15) is 15.2 Å². The van der Waals surface area contributed by atoms with Crippen LogP contribution in [0.2, 0.25) is 0 Å². The molecular formula is C19H22N4O3. The van der Waals surface area contributed by atoms with Crippen LogP contribution in [-0.4, -0.2) is 16.3 Å². The van der Waals surface area contributed by atoms with Crippen LogP contribution in [-0.2, 0) is 6.54 Å². The first-order chi connectivity index (χ1) is 12.5. The van der Waals surface area contributed by atoms with Crippen LogP contribution in [0.1, 0.15) is 37.8 Å². The third-order valence-corrected chi connectivity index (χ3v) is 3.93. The van der Waals surface area contributed by atoms with E-state index in [0.29, 0.717) is 36.6 Å². The molecule has 7 nitrogen and oxygen atoms in total. The first-order valence-corrected chi connectivity index (χ1v) is 8.55. The van der Waals surface area contributed by atoms with Crippen molar-refractivity contribution in [1.82, 2.24) is 4.57 Å². The highest BCUT2D eigenvalue weighted by Gasteiger charge is 2.19. The lowest BCUT2D eigenvalue weighted by Gasteiger charge is -2.12. The molecule has 1 aromatic heterocycles. The summed E-state index contributed by atoms with van der Waals surface area (Å²) in [4.78, 5) is 12.7. The molecule has 0 radical (unpaired) electrons. The van der Waals surface area contributed by atoms with E-state index in [1.807, 2.05) is 26.0 Å². The Kier molecular flexibility index (Phi) is 6.50. The number of aromatic nitrogens is 1. The number of hydrogen-bond donors (Lipinski definition) is 1. The largest absolute Gasteiger partial charge is 0.493 e.